The summed E-state index contributed by atoms with van der Waals surface area (Å²) >= 11 is 3.70. The summed E-state index contributed by atoms with van der Waals surface area (Å²) in [5, 5.41) is 0. The third-order valence-corrected chi connectivity index (χ3v) is 3.76. The zero-order valence-corrected chi connectivity index (χ0v) is 10.7. The Labute approximate surface area is 99.8 Å². The fourth-order valence-corrected chi connectivity index (χ4v) is 2.58. The second kappa shape index (κ2) is 4.36. The molecule has 0 bridgehead atoms. The van der Waals surface area contributed by atoms with Gasteiger partial charge in [0.05, 0.1) is 0 Å². The van der Waals surface area contributed by atoms with Crippen LogP contribution in [-0.2, 0) is 6.42 Å². The predicted molar refractivity (Wildman–Crippen MR) is 70.8 cm³/mol. The average Bonchev–Trinajstić information content (AvgIpc) is 2.42. The molecule has 1 aromatic rings. The van der Waals surface area contributed by atoms with Crippen molar-refractivity contribution >= 4 is 28.1 Å². The lowest BCUT2D eigenvalue weighted by atomic mass is 10.0. The van der Waals surface area contributed by atoms with E-state index < -0.39 is 0 Å². The van der Waals surface area contributed by atoms with Gasteiger partial charge in [-0.1, -0.05) is 50.3 Å². The molecule has 1 unspecified atom stereocenters. The molecule has 0 heterocycles. The Morgan fingerprint density at radius 2 is 1.93 bits per heavy atom. The van der Waals surface area contributed by atoms with Crippen molar-refractivity contribution < 1.29 is 0 Å². The van der Waals surface area contributed by atoms with Gasteiger partial charge in [-0.15, -0.1) is 0 Å². The monoisotopic (exact) mass is 262 g/mol. The van der Waals surface area contributed by atoms with Gasteiger partial charge in [-0.2, -0.15) is 0 Å². The molecule has 0 saturated heterocycles. The first kappa shape index (κ1) is 10.7. The molecule has 1 aromatic carbocycles. The van der Waals surface area contributed by atoms with Crippen molar-refractivity contribution in [3.8, 4) is 0 Å². The topological polar surface area (TPSA) is 0 Å². The van der Waals surface area contributed by atoms with Gasteiger partial charge < -0.3 is 0 Å². The fourth-order valence-electron chi connectivity index (χ4n) is 1.81. The number of halogens is 1. The van der Waals surface area contributed by atoms with E-state index in [9.17, 15) is 0 Å². The molecule has 0 radical (unpaired) electrons. The maximum Gasteiger partial charge on any atom is 0.0285 e. The normalized spacial score (nSPS) is 18.7. The van der Waals surface area contributed by atoms with Crippen molar-refractivity contribution in [2.45, 2.75) is 20.3 Å². The van der Waals surface area contributed by atoms with Gasteiger partial charge in [0.2, 0.25) is 0 Å². The summed E-state index contributed by atoms with van der Waals surface area (Å²) in [4.78, 5) is 0. The molecule has 0 saturated carbocycles. The van der Waals surface area contributed by atoms with Crippen LogP contribution in [0.1, 0.15) is 30.5 Å². The Morgan fingerprint density at radius 1 is 1.20 bits per heavy atom. The highest BCUT2D eigenvalue weighted by molar-refractivity contribution is 9.10. The number of benzene rings is 1. The van der Waals surface area contributed by atoms with Crippen LogP contribution in [0.5, 0.6) is 0 Å². The van der Waals surface area contributed by atoms with Crippen molar-refractivity contribution in [2.75, 3.05) is 0 Å². The maximum atomic E-state index is 3.70. The molecule has 0 N–H and O–H groups in total. The molecule has 15 heavy (non-hydrogen) atoms. The second-order valence-electron chi connectivity index (χ2n) is 3.97. The average molecular weight is 263 g/mol. The highest BCUT2D eigenvalue weighted by Crippen LogP contribution is 2.30. The summed E-state index contributed by atoms with van der Waals surface area (Å²) in [6, 6.07) is 4.41. The van der Waals surface area contributed by atoms with Crippen LogP contribution in [-0.4, -0.2) is 0 Å². The maximum absolute atomic E-state index is 3.70. The largest absolute Gasteiger partial charge is 0.0773 e. The Hall–Kier alpha value is -0.820. The summed E-state index contributed by atoms with van der Waals surface area (Å²) < 4.78 is 1.25. The highest BCUT2D eigenvalue weighted by atomic mass is 79.9. The van der Waals surface area contributed by atoms with Crippen molar-refractivity contribution in [2.24, 2.45) is 5.92 Å². The van der Waals surface area contributed by atoms with E-state index in [2.05, 4.69) is 66.2 Å². The summed E-state index contributed by atoms with van der Waals surface area (Å²) in [6.07, 6.45) is 9.99. The first-order valence-electron chi connectivity index (χ1n) is 5.40. The van der Waals surface area contributed by atoms with Gasteiger partial charge >= 0.3 is 0 Å². The molecule has 78 valence electrons. The van der Waals surface area contributed by atoms with Crippen molar-refractivity contribution in [1.29, 1.82) is 0 Å². The smallest absolute Gasteiger partial charge is 0.0285 e. The van der Waals surface area contributed by atoms with E-state index in [-0.39, 0.29) is 0 Å². The fraction of sp³-hybridized carbons (Fsp3) is 0.286. The summed E-state index contributed by atoms with van der Waals surface area (Å²) in [5.74, 6) is 0.523. The van der Waals surface area contributed by atoms with Gasteiger partial charge in [0.1, 0.15) is 0 Å². The molecular weight excluding hydrogens is 248 g/mol. The third-order valence-electron chi connectivity index (χ3n) is 2.82. The molecule has 0 aliphatic heterocycles. The Balaban J connectivity index is 2.58. The van der Waals surface area contributed by atoms with E-state index in [0.29, 0.717) is 5.92 Å². The Bertz CT molecular complexity index is 427. The number of hydrogen-bond acceptors (Lipinski definition) is 0. The van der Waals surface area contributed by atoms with Gasteiger partial charge in [0, 0.05) is 4.47 Å². The minimum Gasteiger partial charge on any atom is -0.0773 e. The van der Waals surface area contributed by atoms with Crippen LogP contribution in [0.3, 0.4) is 0 Å². The van der Waals surface area contributed by atoms with Crippen LogP contribution in [0, 0.1) is 5.92 Å². The first-order chi connectivity index (χ1) is 7.22. The second-order valence-corrected chi connectivity index (χ2v) is 4.77. The number of fused-ring (bicyclic) bond motifs is 1. The number of hydrogen-bond donors (Lipinski definition) is 0. The Morgan fingerprint density at radius 3 is 2.67 bits per heavy atom. The van der Waals surface area contributed by atoms with Gasteiger partial charge in [0.25, 0.3) is 0 Å². The number of allylic oxidation sites excluding steroid dienone is 2. The van der Waals surface area contributed by atoms with Gasteiger partial charge in [-0.3, -0.25) is 0 Å². The number of aryl methyl sites for hydroxylation is 1. The van der Waals surface area contributed by atoms with Crippen LogP contribution in [0.15, 0.2) is 28.8 Å². The lowest BCUT2D eigenvalue weighted by molar-refractivity contribution is 0.954. The molecule has 0 aromatic heterocycles. The van der Waals surface area contributed by atoms with E-state index in [1.165, 1.54) is 21.2 Å². The predicted octanol–water partition coefficient (Wildman–Crippen LogP) is 4.69. The van der Waals surface area contributed by atoms with Crippen molar-refractivity contribution in [1.82, 2.24) is 0 Å². The molecule has 2 rings (SSSR count). The van der Waals surface area contributed by atoms with Crippen molar-refractivity contribution in [3.05, 3.63) is 45.4 Å². The quantitative estimate of drug-likeness (QED) is 0.689. The highest BCUT2D eigenvalue weighted by Gasteiger charge is 2.08. The van der Waals surface area contributed by atoms with E-state index in [1.807, 2.05) is 0 Å². The molecule has 1 aliphatic rings. The zero-order chi connectivity index (χ0) is 10.8. The molecule has 0 amide bonds. The molecule has 0 nitrogen and oxygen atoms in total. The molecular formula is C14H15Br. The number of rotatable bonds is 1. The van der Waals surface area contributed by atoms with Crippen LogP contribution in [0.25, 0.3) is 12.2 Å². The van der Waals surface area contributed by atoms with E-state index in [0.717, 1.165) is 6.42 Å². The standard InChI is InChI=1S/C14H15Br/c1-3-11-7-8-12-6-4-10(2)5-9-13(12)14(11)15/h4-10H,3H2,1-2H3. The van der Waals surface area contributed by atoms with E-state index >= 15 is 0 Å². The van der Waals surface area contributed by atoms with Gasteiger partial charge in [-0.05, 0) is 45.0 Å². The molecule has 1 heteroatoms. The Kier molecular flexibility index (Phi) is 3.11. The third kappa shape index (κ3) is 2.07. The lowest BCUT2D eigenvalue weighted by Crippen LogP contribution is -1.89. The zero-order valence-electron chi connectivity index (χ0n) is 9.13. The summed E-state index contributed by atoms with van der Waals surface area (Å²) in [7, 11) is 0. The lowest BCUT2D eigenvalue weighted by Gasteiger charge is -2.08. The van der Waals surface area contributed by atoms with E-state index in [1.54, 1.807) is 0 Å². The SMILES string of the molecule is CCc1ccc2c(c1Br)C=CC(C)C=C2. The molecule has 1 atom stereocenters. The van der Waals surface area contributed by atoms with Crippen molar-refractivity contribution in [3.63, 3.8) is 0 Å². The molecule has 1 aliphatic carbocycles. The van der Waals surface area contributed by atoms with Crippen LogP contribution >= 0.6 is 15.9 Å². The van der Waals surface area contributed by atoms with Gasteiger partial charge in [0.15, 0.2) is 0 Å². The molecule has 0 fully saturated rings. The summed E-state index contributed by atoms with van der Waals surface area (Å²) in [6.45, 7) is 4.39. The first-order valence-corrected chi connectivity index (χ1v) is 6.19. The van der Waals surface area contributed by atoms with Crippen LogP contribution in [0.2, 0.25) is 0 Å². The van der Waals surface area contributed by atoms with Crippen LogP contribution in [0.4, 0.5) is 0 Å². The van der Waals surface area contributed by atoms with Gasteiger partial charge in [-0.25, -0.2) is 0 Å². The minimum atomic E-state index is 0.523. The summed E-state index contributed by atoms with van der Waals surface area (Å²) in [5.41, 5.74) is 4.00. The minimum absolute atomic E-state index is 0.523. The van der Waals surface area contributed by atoms with Crippen LogP contribution < -0.4 is 0 Å². The molecule has 0 spiro atoms. The van der Waals surface area contributed by atoms with E-state index in [4.69, 9.17) is 0 Å².